The van der Waals surface area contributed by atoms with Crippen LogP contribution < -0.4 is 26.4 Å². The van der Waals surface area contributed by atoms with Crippen molar-refractivity contribution < 1.29 is 37.0 Å². The Hall–Kier alpha value is -3.76. The molecule has 2 amide bonds. The summed E-state index contributed by atoms with van der Waals surface area (Å²) in [5.74, 6) is -3.70. The molecule has 2 saturated heterocycles. The fourth-order valence-corrected chi connectivity index (χ4v) is 9.13. The SMILES string of the molecule is CC1(C)C[C@@H](Nc2cccc(-c3sc(C(=O)O)c(OCC(N)=O)c3Cl)c2)CCN1S(=O)(=O)Cc1ccc(F)c(NC(=O)C2CNC2)c1. The number of carboxylic acids is 1. The van der Waals surface area contributed by atoms with Crippen LogP contribution in [0.1, 0.15) is 41.9 Å². The number of benzene rings is 2. The molecule has 0 bridgehead atoms. The van der Waals surface area contributed by atoms with Crippen molar-refractivity contribution in [3.8, 4) is 16.2 Å². The number of piperidine rings is 1. The van der Waals surface area contributed by atoms with Crippen LogP contribution in [-0.2, 0) is 25.4 Å². The zero-order valence-electron chi connectivity index (χ0n) is 25.6. The first-order valence-corrected chi connectivity index (χ1v) is 17.6. The Morgan fingerprint density at radius 1 is 1.21 bits per heavy atom. The summed E-state index contributed by atoms with van der Waals surface area (Å²) < 4.78 is 48.5. The second-order valence-corrected chi connectivity index (χ2v) is 15.5. The summed E-state index contributed by atoms with van der Waals surface area (Å²) in [6.07, 6.45) is 0.978. The van der Waals surface area contributed by atoms with Crippen molar-refractivity contribution in [2.75, 3.05) is 36.9 Å². The summed E-state index contributed by atoms with van der Waals surface area (Å²) in [7, 11) is -3.82. The smallest absolute Gasteiger partial charge is 0.349 e. The average molecular weight is 708 g/mol. The molecule has 5 rings (SSSR count). The Labute approximate surface area is 280 Å². The molecule has 2 aliphatic rings. The van der Waals surface area contributed by atoms with Gasteiger partial charge in [-0.3, -0.25) is 9.59 Å². The highest BCUT2D eigenvalue weighted by Crippen LogP contribution is 2.46. The second kappa shape index (κ2) is 13.8. The van der Waals surface area contributed by atoms with Crippen LogP contribution in [0.4, 0.5) is 15.8 Å². The van der Waals surface area contributed by atoms with Crippen LogP contribution in [0.2, 0.25) is 5.02 Å². The van der Waals surface area contributed by atoms with Gasteiger partial charge in [-0.25, -0.2) is 17.6 Å². The van der Waals surface area contributed by atoms with Crippen molar-refractivity contribution in [2.24, 2.45) is 11.7 Å². The van der Waals surface area contributed by atoms with Crippen molar-refractivity contribution in [3.63, 3.8) is 0 Å². The first-order chi connectivity index (χ1) is 22.1. The number of sulfonamides is 1. The maximum absolute atomic E-state index is 14.4. The molecular formula is C31H35ClFN5O7S2. The lowest BCUT2D eigenvalue weighted by Gasteiger charge is -2.45. The van der Waals surface area contributed by atoms with Gasteiger partial charge in [-0.05, 0) is 62.1 Å². The van der Waals surface area contributed by atoms with E-state index in [1.54, 1.807) is 12.1 Å². The van der Waals surface area contributed by atoms with E-state index in [0.717, 1.165) is 23.1 Å². The van der Waals surface area contributed by atoms with E-state index in [9.17, 15) is 32.3 Å². The molecule has 0 spiro atoms. The molecule has 252 valence electrons. The van der Waals surface area contributed by atoms with E-state index in [1.165, 1.54) is 16.4 Å². The zero-order chi connectivity index (χ0) is 34.1. The third kappa shape index (κ3) is 7.87. The van der Waals surface area contributed by atoms with E-state index in [2.05, 4.69) is 16.0 Å². The van der Waals surface area contributed by atoms with Gasteiger partial charge in [-0.15, -0.1) is 11.3 Å². The number of carbonyl (C=O) groups is 3. The molecule has 16 heteroatoms. The molecule has 0 saturated carbocycles. The molecule has 0 radical (unpaired) electrons. The first-order valence-electron chi connectivity index (χ1n) is 14.8. The third-order valence-corrected chi connectivity index (χ3v) is 11.8. The van der Waals surface area contributed by atoms with Crippen LogP contribution in [0.3, 0.4) is 0 Å². The Kier molecular flexibility index (Phi) is 10.1. The normalized spacial score (nSPS) is 18.3. The number of halogens is 2. The summed E-state index contributed by atoms with van der Waals surface area (Å²) in [4.78, 5) is 35.6. The lowest BCUT2D eigenvalue weighted by molar-refractivity contribution is -0.121. The van der Waals surface area contributed by atoms with Crippen molar-refractivity contribution >= 4 is 62.1 Å². The number of nitrogens with two attached hydrogens (primary N) is 1. The van der Waals surface area contributed by atoms with Gasteiger partial charge in [0.2, 0.25) is 15.9 Å². The van der Waals surface area contributed by atoms with Crippen LogP contribution in [0.25, 0.3) is 10.4 Å². The van der Waals surface area contributed by atoms with Crippen molar-refractivity contribution in [2.45, 2.75) is 44.0 Å². The molecule has 3 heterocycles. The zero-order valence-corrected chi connectivity index (χ0v) is 28.0. The predicted molar refractivity (Wildman–Crippen MR) is 178 cm³/mol. The Morgan fingerprint density at radius 3 is 2.60 bits per heavy atom. The number of carbonyl (C=O) groups excluding carboxylic acids is 2. The molecule has 2 aromatic carbocycles. The van der Waals surface area contributed by atoms with Crippen LogP contribution in [0.15, 0.2) is 42.5 Å². The number of nitrogens with zero attached hydrogens (tertiary/aromatic N) is 1. The molecule has 3 aromatic rings. The van der Waals surface area contributed by atoms with Gasteiger partial charge in [0.25, 0.3) is 5.91 Å². The number of nitrogens with one attached hydrogen (secondary N) is 3. The largest absolute Gasteiger partial charge is 0.480 e. The minimum atomic E-state index is -3.82. The summed E-state index contributed by atoms with van der Waals surface area (Å²) in [5, 5.41) is 18.7. The number of ether oxygens (including phenoxy) is 1. The average Bonchev–Trinajstić information content (AvgIpc) is 3.28. The van der Waals surface area contributed by atoms with Gasteiger partial charge < -0.3 is 31.5 Å². The van der Waals surface area contributed by atoms with Gasteiger partial charge in [-0.2, -0.15) is 4.31 Å². The van der Waals surface area contributed by atoms with Gasteiger partial charge in [0.05, 0.1) is 22.2 Å². The molecule has 1 atom stereocenters. The molecule has 1 aromatic heterocycles. The van der Waals surface area contributed by atoms with E-state index in [0.29, 0.717) is 41.9 Å². The quantitative estimate of drug-likeness (QED) is 0.185. The van der Waals surface area contributed by atoms with E-state index in [4.69, 9.17) is 22.1 Å². The van der Waals surface area contributed by atoms with Gasteiger partial charge in [0, 0.05) is 36.9 Å². The fraction of sp³-hybridized carbons (Fsp3) is 0.387. The molecular weight excluding hydrogens is 673 g/mol. The number of hydrogen-bond donors (Lipinski definition) is 5. The van der Waals surface area contributed by atoms with Gasteiger partial charge in [-0.1, -0.05) is 29.8 Å². The maximum atomic E-state index is 14.4. The molecule has 0 aliphatic carbocycles. The maximum Gasteiger partial charge on any atom is 0.349 e. The van der Waals surface area contributed by atoms with Crippen molar-refractivity contribution in [1.82, 2.24) is 9.62 Å². The minimum Gasteiger partial charge on any atom is -0.480 e. The second-order valence-electron chi connectivity index (χ2n) is 12.2. The number of thiophene rings is 1. The number of anilines is 2. The minimum absolute atomic E-state index is 0.0450. The van der Waals surface area contributed by atoms with E-state index in [1.807, 2.05) is 26.0 Å². The predicted octanol–water partition coefficient (Wildman–Crippen LogP) is 4.11. The molecule has 0 unspecified atom stereocenters. The van der Waals surface area contributed by atoms with Gasteiger partial charge >= 0.3 is 5.97 Å². The molecule has 47 heavy (non-hydrogen) atoms. The number of primary amides is 1. The van der Waals surface area contributed by atoms with E-state index < -0.39 is 39.9 Å². The van der Waals surface area contributed by atoms with Crippen molar-refractivity contribution in [1.29, 1.82) is 0 Å². The number of amides is 2. The Morgan fingerprint density at radius 2 is 1.96 bits per heavy atom. The number of rotatable bonds is 12. The van der Waals surface area contributed by atoms with Gasteiger partial charge in [0.15, 0.2) is 17.2 Å². The Balaban J connectivity index is 1.27. The number of carboxylic acid groups (broad SMARTS) is 1. The van der Waals surface area contributed by atoms with Crippen molar-refractivity contribution in [3.05, 3.63) is 63.7 Å². The van der Waals surface area contributed by atoms with Crippen LogP contribution in [-0.4, -0.2) is 73.4 Å². The number of aromatic carboxylic acids is 1. The highest BCUT2D eigenvalue weighted by molar-refractivity contribution is 7.88. The Bertz CT molecular complexity index is 1810. The van der Waals surface area contributed by atoms with Crippen LogP contribution in [0.5, 0.6) is 5.75 Å². The summed E-state index contributed by atoms with van der Waals surface area (Å²) in [6.45, 7) is 4.45. The van der Waals surface area contributed by atoms with E-state index in [-0.39, 0.29) is 51.5 Å². The van der Waals surface area contributed by atoms with E-state index >= 15 is 0 Å². The van der Waals surface area contributed by atoms with Gasteiger partial charge in [0.1, 0.15) is 10.8 Å². The lowest BCUT2D eigenvalue weighted by atomic mass is 9.89. The summed E-state index contributed by atoms with van der Waals surface area (Å²) in [6, 6.07) is 11.1. The molecule has 12 nitrogen and oxygen atoms in total. The highest BCUT2D eigenvalue weighted by Gasteiger charge is 2.41. The standard InChI is InChI=1S/C31H35ClFN5O7S2/c1-31(2)12-21(36-20-5-3-4-18(11-20)27-25(32)26(45-15-24(34)39)28(46-27)30(41)42)8-9-38(31)47(43,44)16-17-6-7-22(33)23(10-17)37-29(40)19-13-35-14-19/h3-7,10-11,19,21,35-36H,8-9,12-16H2,1-2H3,(H2,34,39)(H,37,40)(H,41,42)/t21-/m0/s1. The monoisotopic (exact) mass is 707 g/mol. The first kappa shape index (κ1) is 34.6. The molecule has 6 N–H and O–H groups in total. The fourth-order valence-electron chi connectivity index (χ4n) is 5.76. The van der Waals surface area contributed by atoms with Crippen LogP contribution >= 0.6 is 22.9 Å². The highest BCUT2D eigenvalue weighted by atomic mass is 35.5. The lowest BCUT2D eigenvalue weighted by Crippen LogP contribution is -2.55. The summed E-state index contributed by atoms with van der Waals surface area (Å²) in [5.41, 5.74) is 6.05. The molecule has 2 aliphatic heterocycles. The topological polar surface area (TPSA) is 180 Å². The number of hydrogen-bond acceptors (Lipinski definition) is 9. The third-order valence-electron chi connectivity index (χ3n) is 8.09. The summed E-state index contributed by atoms with van der Waals surface area (Å²) >= 11 is 7.41. The van der Waals surface area contributed by atoms with Crippen LogP contribution in [0, 0.1) is 11.7 Å². The molecule has 2 fully saturated rings.